The molecular formula is C13H18N2. The van der Waals surface area contributed by atoms with Crippen LogP contribution in [0.15, 0.2) is 30.3 Å². The van der Waals surface area contributed by atoms with Crippen molar-refractivity contribution in [1.29, 1.82) is 0 Å². The molecule has 15 heavy (non-hydrogen) atoms. The van der Waals surface area contributed by atoms with E-state index in [1.54, 1.807) is 0 Å². The number of hydrogen-bond donors (Lipinski definition) is 1. The summed E-state index contributed by atoms with van der Waals surface area (Å²) in [5.74, 6) is 0. The zero-order valence-electron chi connectivity index (χ0n) is 9.02. The number of nitrogens with zero attached hydrogens (tertiary/aromatic N) is 1. The van der Waals surface area contributed by atoms with Crippen LogP contribution in [-0.2, 0) is 0 Å². The van der Waals surface area contributed by atoms with Crippen LogP contribution in [0.5, 0.6) is 0 Å². The molecule has 2 heteroatoms. The van der Waals surface area contributed by atoms with Gasteiger partial charge in [0.15, 0.2) is 0 Å². The highest BCUT2D eigenvalue weighted by Gasteiger charge is 2.32. The van der Waals surface area contributed by atoms with Crippen LogP contribution >= 0.6 is 0 Å². The molecule has 0 bridgehead atoms. The van der Waals surface area contributed by atoms with E-state index >= 15 is 0 Å². The maximum absolute atomic E-state index is 3.61. The maximum Gasteiger partial charge on any atom is 0.0449 e. The summed E-state index contributed by atoms with van der Waals surface area (Å²) in [5, 5.41) is 3.61. The quantitative estimate of drug-likeness (QED) is 0.786. The van der Waals surface area contributed by atoms with Crippen molar-refractivity contribution in [3.05, 3.63) is 35.9 Å². The first-order valence-corrected chi connectivity index (χ1v) is 5.96. The van der Waals surface area contributed by atoms with Gasteiger partial charge < -0.3 is 5.32 Å². The van der Waals surface area contributed by atoms with E-state index in [0.717, 1.165) is 12.6 Å². The first-order valence-electron chi connectivity index (χ1n) is 5.96. The predicted molar refractivity (Wildman–Crippen MR) is 61.8 cm³/mol. The number of benzene rings is 1. The lowest BCUT2D eigenvalue weighted by Gasteiger charge is -2.34. The highest BCUT2D eigenvalue weighted by molar-refractivity contribution is 5.20. The fraction of sp³-hybridized carbons (Fsp3) is 0.538. The van der Waals surface area contributed by atoms with Gasteiger partial charge >= 0.3 is 0 Å². The largest absolute Gasteiger partial charge is 0.308 e. The fourth-order valence-corrected chi connectivity index (χ4v) is 2.45. The fourth-order valence-electron chi connectivity index (χ4n) is 2.45. The van der Waals surface area contributed by atoms with Crippen LogP contribution in [0.1, 0.15) is 24.4 Å². The third kappa shape index (κ3) is 2.06. The standard InChI is InChI=1S/C13H18N2/c1-2-4-11(5-3-1)13-10-15(9-8-14-13)12-6-7-12/h1-5,12-14H,6-10H2/t13-/m0/s1. The second kappa shape index (κ2) is 3.95. The molecule has 2 nitrogen and oxygen atoms in total. The van der Waals surface area contributed by atoms with Crippen molar-refractivity contribution in [3.8, 4) is 0 Å². The van der Waals surface area contributed by atoms with Gasteiger partial charge in [-0.3, -0.25) is 4.90 Å². The molecule has 1 saturated heterocycles. The van der Waals surface area contributed by atoms with Gasteiger partial charge in [-0.1, -0.05) is 30.3 Å². The van der Waals surface area contributed by atoms with Gasteiger partial charge in [0.25, 0.3) is 0 Å². The minimum absolute atomic E-state index is 0.542. The van der Waals surface area contributed by atoms with Crippen LogP contribution in [0.25, 0.3) is 0 Å². The molecule has 2 fully saturated rings. The summed E-state index contributed by atoms with van der Waals surface area (Å²) >= 11 is 0. The highest BCUT2D eigenvalue weighted by Crippen LogP contribution is 2.29. The summed E-state index contributed by atoms with van der Waals surface area (Å²) in [6.45, 7) is 3.55. The lowest BCUT2D eigenvalue weighted by atomic mass is 10.0. The Morgan fingerprint density at radius 3 is 2.67 bits per heavy atom. The van der Waals surface area contributed by atoms with Crippen molar-refractivity contribution in [1.82, 2.24) is 10.2 Å². The summed E-state index contributed by atoms with van der Waals surface area (Å²) in [4.78, 5) is 2.65. The second-order valence-corrected chi connectivity index (χ2v) is 4.64. The smallest absolute Gasteiger partial charge is 0.0449 e. The Balaban J connectivity index is 1.70. The third-order valence-corrected chi connectivity index (χ3v) is 3.47. The summed E-state index contributed by atoms with van der Waals surface area (Å²) in [6.07, 6.45) is 2.84. The average molecular weight is 202 g/mol. The predicted octanol–water partition coefficient (Wildman–Crippen LogP) is 1.80. The van der Waals surface area contributed by atoms with Gasteiger partial charge in [0.05, 0.1) is 0 Å². The Bertz CT molecular complexity index is 319. The molecule has 2 aliphatic rings. The van der Waals surface area contributed by atoms with Gasteiger partial charge in [0.2, 0.25) is 0 Å². The van der Waals surface area contributed by atoms with E-state index in [4.69, 9.17) is 0 Å². The van der Waals surface area contributed by atoms with Crippen LogP contribution in [0.4, 0.5) is 0 Å². The van der Waals surface area contributed by atoms with Gasteiger partial charge in [-0.05, 0) is 18.4 Å². The molecule has 1 aliphatic heterocycles. The van der Waals surface area contributed by atoms with Crippen LogP contribution in [-0.4, -0.2) is 30.6 Å². The van der Waals surface area contributed by atoms with Crippen molar-refractivity contribution in [2.75, 3.05) is 19.6 Å². The van der Waals surface area contributed by atoms with Crippen LogP contribution < -0.4 is 5.32 Å². The second-order valence-electron chi connectivity index (χ2n) is 4.64. The SMILES string of the molecule is c1ccc([C@@H]2CN(C3CC3)CCN2)cc1. The van der Waals surface area contributed by atoms with Crippen molar-refractivity contribution < 1.29 is 0 Å². The third-order valence-electron chi connectivity index (χ3n) is 3.47. The van der Waals surface area contributed by atoms with E-state index in [1.807, 2.05) is 0 Å². The zero-order chi connectivity index (χ0) is 10.1. The molecule has 0 radical (unpaired) electrons. The molecule has 0 unspecified atom stereocenters. The minimum Gasteiger partial charge on any atom is -0.308 e. The molecule has 0 aromatic heterocycles. The first kappa shape index (κ1) is 9.37. The average Bonchev–Trinajstić information content (AvgIpc) is 3.14. The Kier molecular flexibility index (Phi) is 2.47. The first-order chi connectivity index (χ1) is 7.43. The molecule has 1 heterocycles. The van der Waals surface area contributed by atoms with Gasteiger partial charge in [-0.2, -0.15) is 0 Å². The monoisotopic (exact) mass is 202 g/mol. The van der Waals surface area contributed by atoms with E-state index < -0.39 is 0 Å². The highest BCUT2D eigenvalue weighted by atomic mass is 15.2. The molecule has 1 aromatic rings. The molecule has 0 amide bonds. The molecule has 3 rings (SSSR count). The lowest BCUT2D eigenvalue weighted by Crippen LogP contribution is -2.46. The van der Waals surface area contributed by atoms with E-state index in [0.29, 0.717) is 6.04 Å². The number of hydrogen-bond acceptors (Lipinski definition) is 2. The number of nitrogens with one attached hydrogen (secondary N) is 1. The van der Waals surface area contributed by atoms with E-state index in [2.05, 4.69) is 40.5 Å². The molecule has 1 atom stereocenters. The number of rotatable bonds is 2. The van der Waals surface area contributed by atoms with Gasteiger partial charge in [0, 0.05) is 31.7 Å². The van der Waals surface area contributed by atoms with E-state index in [-0.39, 0.29) is 0 Å². The van der Waals surface area contributed by atoms with Crippen molar-refractivity contribution in [2.24, 2.45) is 0 Å². The Labute approximate surface area is 91.3 Å². The molecule has 1 saturated carbocycles. The van der Waals surface area contributed by atoms with Gasteiger partial charge in [0.1, 0.15) is 0 Å². The van der Waals surface area contributed by atoms with Gasteiger partial charge in [-0.15, -0.1) is 0 Å². The molecule has 1 N–H and O–H groups in total. The topological polar surface area (TPSA) is 15.3 Å². The lowest BCUT2D eigenvalue weighted by molar-refractivity contribution is 0.192. The Morgan fingerprint density at radius 1 is 1.13 bits per heavy atom. The van der Waals surface area contributed by atoms with Crippen LogP contribution in [0, 0.1) is 0 Å². The van der Waals surface area contributed by atoms with E-state index in [1.165, 1.54) is 31.5 Å². The van der Waals surface area contributed by atoms with E-state index in [9.17, 15) is 0 Å². The summed E-state index contributed by atoms with van der Waals surface area (Å²) in [6, 6.07) is 12.3. The molecule has 80 valence electrons. The molecule has 1 aromatic carbocycles. The molecular weight excluding hydrogens is 184 g/mol. The summed E-state index contributed by atoms with van der Waals surface area (Å²) in [5.41, 5.74) is 1.43. The normalized spacial score (nSPS) is 27.9. The maximum atomic E-state index is 3.61. The molecule has 0 spiro atoms. The number of piperazine rings is 1. The van der Waals surface area contributed by atoms with Gasteiger partial charge in [-0.25, -0.2) is 0 Å². The summed E-state index contributed by atoms with van der Waals surface area (Å²) in [7, 11) is 0. The van der Waals surface area contributed by atoms with Crippen molar-refractivity contribution in [3.63, 3.8) is 0 Å². The van der Waals surface area contributed by atoms with Crippen LogP contribution in [0.3, 0.4) is 0 Å². The van der Waals surface area contributed by atoms with Crippen molar-refractivity contribution in [2.45, 2.75) is 24.9 Å². The Hall–Kier alpha value is -0.860. The summed E-state index contributed by atoms with van der Waals surface area (Å²) < 4.78 is 0. The molecule has 1 aliphatic carbocycles. The Morgan fingerprint density at radius 2 is 1.93 bits per heavy atom. The van der Waals surface area contributed by atoms with Crippen LogP contribution in [0.2, 0.25) is 0 Å². The van der Waals surface area contributed by atoms with Crippen molar-refractivity contribution >= 4 is 0 Å². The zero-order valence-corrected chi connectivity index (χ0v) is 9.02. The minimum atomic E-state index is 0.542.